The number of rotatable bonds is 19. The Morgan fingerprint density at radius 3 is 2.04 bits per heavy atom. The second-order valence-corrected chi connectivity index (χ2v) is 8.43. The molecule has 0 radical (unpaired) electrons. The number of ether oxygens (including phenoxy) is 1. The van der Waals surface area contributed by atoms with E-state index in [9.17, 15) is 5.11 Å². The summed E-state index contributed by atoms with van der Waals surface area (Å²) in [6, 6.07) is 8.49. The molecule has 1 aromatic rings. The Kier molecular flexibility index (Phi) is 17.1. The van der Waals surface area contributed by atoms with E-state index in [1.54, 1.807) is 7.11 Å². The molecule has 28 heavy (non-hydrogen) atoms. The predicted octanol–water partition coefficient (Wildman–Crippen LogP) is -2.46. The third-order valence-electron chi connectivity index (χ3n) is 5.80. The van der Waals surface area contributed by atoms with Crippen LogP contribution in [0.5, 0.6) is 5.75 Å². The summed E-state index contributed by atoms with van der Waals surface area (Å²) in [6.07, 6.45) is 8.25. The normalized spacial score (nSPS) is 10.8. The standard InChI is InChI=1S/C16H36B10O2/c1-3-4-5-6-7-15(27)13-18-20-22-24-26-25-23-21-19-17-12-14-8-10-16(28-2)11-9-14/h8-11,15,17-27H,3-7,12-13H2,1-2H3. The van der Waals surface area contributed by atoms with Crippen molar-refractivity contribution in [3.8, 4) is 5.75 Å². The van der Waals surface area contributed by atoms with Gasteiger partial charge >= 0.3 is 0 Å². The first kappa shape index (κ1) is 25.7. The topological polar surface area (TPSA) is 29.5 Å². The molecule has 0 aliphatic carbocycles. The molecule has 0 aliphatic rings. The van der Waals surface area contributed by atoms with Crippen molar-refractivity contribution in [3.63, 3.8) is 0 Å². The third kappa shape index (κ3) is 14.6. The summed E-state index contributed by atoms with van der Waals surface area (Å²) in [6.45, 7) is 2.24. The lowest BCUT2D eigenvalue weighted by Gasteiger charge is -2.08. The lowest BCUT2D eigenvalue weighted by atomic mass is 8.88. The van der Waals surface area contributed by atoms with Gasteiger partial charge in [0.25, 0.3) is 0 Å². The van der Waals surface area contributed by atoms with Gasteiger partial charge in [-0.15, -0.1) is 0 Å². The van der Waals surface area contributed by atoms with Gasteiger partial charge in [-0.25, -0.2) is 0 Å². The second kappa shape index (κ2) is 18.6. The van der Waals surface area contributed by atoms with E-state index in [1.807, 2.05) is 0 Å². The van der Waals surface area contributed by atoms with Crippen molar-refractivity contribution in [2.45, 2.75) is 57.8 Å². The summed E-state index contributed by atoms with van der Waals surface area (Å²) in [7, 11) is 15.1. The van der Waals surface area contributed by atoms with Crippen LogP contribution < -0.4 is 4.74 Å². The van der Waals surface area contributed by atoms with Gasteiger partial charge in [-0.2, -0.15) is 0 Å². The Labute approximate surface area is 181 Å². The first-order valence-electron chi connectivity index (χ1n) is 12.1. The van der Waals surface area contributed by atoms with Gasteiger partial charge in [-0.3, -0.25) is 0 Å². The molecule has 0 amide bonds. The molecule has 12 heteroatoms. The fourth-order valence-electron chi connectivity index (χ4n) is 3.87. The predicted molar refractivity (Wildman–Crippen MR) is 148 cm³/mol. The summed E-state index contributed by atoms with van der Waals surface area (Å²) < 4.78 is 5.20. The van der Waals surface area contributed by atoms with Crippen LogP contribution in [0.15, 0.2) is 24.3 Å². The first-order chi connectivity index (χ1) is 13.8. The SMILES string of the molecule is CCCCCCC(O)CBBBBBBBBBBCc1ccc(OC)cc1. The fraction of sp³-hybridized carbons (Fsp3) is 0.625. The molecule has 0 aliphatic heterocycles. The van der Waals surface area contributed by atoms with E-state index < -0.39 is 0 Å². The minimum atomic E-state index is -0.0465. The van der Waals surface area contributed by atoms with Gasteiger partial charge in [0.2, 0.25) is 0 Å². The fourth-order valence-corrected chi connectivity index (χ4v) is 3.87. The molecule has 0 spiro atoms. The second-order valence-electron chi connectivity index (χ2n) is 8.43. The molecule has 0 fully saturated rings. The van der Waals surface area contributed by atoms with Gasteiger partial charge < -0.3 is 9.84 Å². The van der Waals surface area contributed by atoms with Gasteiger partial charge in [0, 0.05) is 62.6 Å². The molecule has 0 aromatic heterocycles. The minimum Gasteiger partial charge on any atom is -0.497 e. The molecular weight excluding hydrogens is 332 g/mol. The molecule has 1 unspecified atom stereocenters. The summed E-state index contributed by atoms with van der Waals surface area (Å²) in [5.41, 5.74) is 1.42. The van der Waals surface area contributed by atoms with Crippen LogP contribution in [0.2, 0.25) is 6.32 Å². The van der Waals surface area contributed by atoms with Crippen LogP contribution in [0.4, 0.5) is 0 Å². The van der Waals surface area contributed by atoms with E-state index in [-0.39, 0.29) is 6.10 Å². The van der Waals surface area contributed by atoms with Crippen LogP contribution in [-0.2, 0) is 6.32 Å². The lowest BCUT2D eigenvalue weighted by Crippen LogP contribution is -2.33. The van der Waals surface area contributed by atoms with E-state index in [0.717, 1.165) is 18.5 Å². The Bertz CT molecular complexity index is 465. The number of aliphatic hydroxyl groups is 1. The number of aliphatic hydroxyl groups excluding tert-OH is 1. The highest BCUT2D eigenvalue weighted by molar-refractivity contribution is 7.69. The number of unbranched alkanes of at least 4 members (excludes halogenated alkanes) is 3. The molecule has 0 saturated heterocycles. The van der Waals surface area contributed by atoms with E-state index in [0.29, 0.717) is 0 Å². The van der Waals surface area contributed by atoms with Crippen molar-refractivity contribution < 1.29 is 9.84 Å². The highest BCUT2D eigenvalue weighted by Crippen LogP contribution is 2.11. The van der Waals surface area contributed by atoms with Crippen molar-refractivity contribution in [3.05, 3.63) is 29.8 Å². The molecule has 1 aromatic carbocycles. The maximum absolute atomic E-state index is 9.98. The van der Waals surface area contributed by atoms with Gasteiger partial charge in [0.05, 0.1) is 21.5 Å². The van der Waals surface area contributed by atoms with E-state index in [1.165, 1.54) is 108 Å². The van der Waals surface area contributed by atoms with Crippen LogP contribution in [-0.4, -0.2) is 89.1 Å². The van der Waals surface area contributed by atoms with Gasteiger partial charge in [-0.1, -0.05) is 62.9 Å². The van der Waals surface area contributed by atoms with Gasteiger partial charge in [-0.05, 0) is 18.6 Å². The van der Waals surface area contributed by atoms with E-state index >= 15 is 0 Å². The van der Waals surface area contributed by atoms with Crippen LogP contribution in [0, 0.1) is 0 Å². The van der Waals surface area contributed by atoms with Crippen LogP contribution >= 0.6 is 0 Å². The van der Waals surface area contributed by atoms with E-state index in [2.05, 4.69) is 31.2 Å². The van der Waals surface area contributed by atoms with Gasteiger partial charge in [0.1, 0.15) is 5.75 Å². The Hall–Kier alpha value is -0.371. The third-order valence-corrected chi connectivity index (χ3v) is 5.80. The molecule has 0 heterocycles. The number of hydrogen-bond acceptors (Lipinski definition) is 2. The first-order valence-corrected chi connectivity index (χ1v) is 12.1. The molecule has 2 nitrogen and oxygen atoms in total. The molecule has 1 atom stereocenters. The largest absolute Gasteiger partial charge is 0.497 e. The Morgan fingerprint density at radius 1 is 0.821 bits per heavy atom. The van der Waals surface area contributed by atoms with Crippen LogP contribution in [0.3, 0.4) is 0 Å². The lowest BCUT2D eigenvalue weighted by molar-refractivity contribution is 0.180. The monoisotopic (exact) mass is 370 g/mol. The highest BCUT2D eigenvalue weighted by Gasteiger charge is 2.06. The summed E-state index contributed by atoms with van der Waals surface area (Å²) >= 11 is 0. The Balaban J connectivity index is 1.80. The van der Waals surface area contributed by atoms with Gasteiger partial charge in [0.15, 0.2) is 0 Å². The number of benzene rings is 1. The molecular formula is C16H36B10O2. The number of hydrogen-bond donors (Lipinski definition) is 1. The quantitative estimate of drug-likeness (QED) is 0.217. The molecule has 0 saturated carbocycles. The number of methoxy groups -OCH3 is 1. The van der Waals surface area contributed by atoms with Crippen LogP contribution in [0.25, 0.3) is 0 Å². The summed E-state index contributed by atoms with van der Waals surface area (Å²) in [5.74, 6) is 0.947. The van der Waals surface area contributed by atoms with Crippen molar-refractivity contribution in [1.82, 2.24) is 0 Å². The van der Waals surface area contributed by atoms with Crippen molar-refractivity contribution in [2.24, 2.45) is 0 Å². The zero-order valence-corrected chi connectivity index (χ0v) is 18.8. The average Bonchev–Trinajstić information content (AvgIpc) is 2.72. The van der Waals surface area contributed by atoms with E-state index in [4.69, 9.17) is 4.74 Å². The molecule has 0 bridgehead atoms. The van der Waals surface area contributed by atoms with Crippen molar-refractivity contribution in [1.29, 1.82) is 0 Å². The van der Waals surface area contributed by atoms with Crippen LogP contribution in [0.1, 0.15) is 44.6 Å². The minimum absolute atomic E-state index is 0.0465. The highest BCUT2D eigenvalue weighted by atomic mass is 16.5. The van der Waals surface area contributed by atoms with Crippen molar-refractivity contribution in [2.75, 3.05) is 7.11 Å². The average molecular weight is 369 g/mol. The zero-order chi connectivity index (χ0) is 20.3. The summed E-state index contributed by atoms with van der Waals surface area (Å²) in [5, 5.41) is 9.98. The molecule has 1 N–H and O–H groups in total. The van der Waals surface area contributed by atoms with Crippen molar-refractivity contribution >= 4 is 70.8 Å². The maximum atomic E-state index is 9.98. The Morgan fingerprint density at radius 2 is 1.43 bits per heavy atom. The maximum Gasteiger partial charge on any atom is 0.118 e. The molecule has 1 rings (SSSR count). The summed E-state index contributed by atoms with van der Waals surface area (Å²) in [4.78, 5) is 0. The zero-order valence-electron chi connectivity index (χ0n) is 18.8. The molecule has 142 valence electrons. The smallest absolute Gasteiger partial charge is 0.118 e.